The van der Waals surface area contributed by atoms with Crippen LogP contribution >= 0.6 is 0 Å². The molecule has 1 aromatic carbocycles. The van der Waals surface area contributed by atoms with E-state index < -0.39 is 5.79 Å². The third-order valence-corrected chi connectivity index (χ3v) is 5.38. The maximum atomic E-state index is 12.7. The average Bonchev–Trinajstić information content (AvgIpc) is 3.13. The van der Waals surface area contributed by atoms with E-state index in [4.69, 9.17) is 9.47 Å². The number of nitrogens with one attached hydrogen (secondary N) is 1. The standard InChI is InChI=1S/C20H25N3O4/c1-15-2-4-16(5-3-15)17-6-7-18(24)23(21-17)14-19(25)22-10-8-20(9-11-22)26-12-13-27-20/h2-6,21H,7-14H2,1H3. The first-order valence-electron chi connectivity index (χ1n) is 9.45. The lowest BCUT2D eigenvalue weighted by Gasteiger charge is -2.38. The minimum Gasteiger partial charge on any atom is -0.347 e. The molecule has 2 amide bonds. The van der Waals surface area contributed by atoms with E-state index in [1.165, 1.54) is 10.6 Å². The van der Waals surface area contributed by atoms with Gasteiger partial charge in [0, 0.05) is 32.4 Å². The topological polar surface area (TPSA) is 71.1 Å². The molecule has 27 heavy (non-hydrogen) atoms. The monoisotopic (exact) mass is 371 g/mol. The third kappa shape index (κ3) is 3.84. The van der Waals surface area contributed by atoms with Crippen LogP contribution in [0.25, 0.3) is 5.70 Å². The van der Waals surface area contributed by atoms with E-state index in [1.54, 1.807) is 4.90 Å². The minimum absolute atomic E-state index is 0.0246. The molecular weight excluding hydrogens is 346 g/mol. The fourth-order valence-corrected chi connectivity index (χ4v) is 3.71. The molecule has 1 aromatic rings. The van der Waals surface area contributed by atoms with Gasteiger partial charge in [0.15, 0.2) is 5.79 Å². The van der Waals surface area contributed by atoms with E-state index in [0.29, 0.717) is 39.1 Å². The largest absolute Gasteiger partial charge is 0.347 e. The normalized spacial score (nSPS) is 22.0. The summed E-state index contributed by atoms with van der Waals surface area (Å²) in [4.78, 5) is 26.7. The average molecular weight is 371 g/mol. The smallest absolute Gasteiger partial charge is 0.245 e. The summed E-state index contributed by atoms with van der Waals surface area (Å²) >= 11 is 0. The van der Waals surface area contributed by atoms with Crippen molar-refractivity contribution < 1.29 is 19.1 Å². The maximum absolute atomic E-state index is 12.7. The first-order chi connectivity index (χ1) is 13.0. The van der Waals surface area contributed by atoms with Crippen molar-refractivity contribution >= 4 is 17.5 Å². The number of carbonyl (C=O) groups is 2. The van der Waals surface area contributed by atoms with Gasteiger partial charge in [-0.3, -0.25) is 15.0 Å². The van der Waals surface area contributed by atoms with Crippen molar-refractivity contribution in [1.82, 2.24) is 15.3 Å². The van der Waals surface area contributed by atoms with Gasteiger partial charge in [-0.15, -0.1) is 0 Å². The van der Waals surface area contributed by atoms with Crippen LogP contribution in [0.4, 0.5) is 0 Å². The molecule has 3 aliphatic heterocycles. The summed E-state index contributed by atoms with van der Waals surface area (Å²) in [6.45, 7) is 4.47. The lowest BCUT2D eigenvalue weighted by atomic mass is 10.0. The molecule has 1 spiro atoms. The molecule has 2 fully saturated rings. The number of ether oxygens (including phenoxy) is 2. The number of benzene rings is 1. The zero-order valence-electron chi connectivity index (χ0n) is 15.6. The highest BCUT2D eigenvalue weighted by Crippen LogP contribution is 2.31. The number of amides is 2. The summed E-state index contributed by atoms with van der Waals surface area (Å²) in [6, 6.07) is 8.08. The van der Waals surface area contributed by atoms with Gasteiger partial charge in [0.05, 0.1) is 18.9 Å². The van der Waals surface area contributed by atoms with Crippen molar-refractivity contribution in [2.75, 3.05) is 32.8 Å². The Morgan fingerprint density at radius 1 is 1.15 bits per heavy atom. The van der Waals surface area contributed by atoms with Crippen LogP contribution in [0.2, 0.25) is 0 Å². The molecule has 2 saturated heterocycles. The van der Waals surface area contributed by atoms with Crippen molar-refractivity contribution in [3.63, 3.8) is 0 Å². The number of nitrogens with zero attached hydrogens (tertiary/aromatic N) is 2. The van der Waals surface area contributed by atoms with E-state index >= 15 is 0 Å². The van der Waals surface area contributed by atoms with Crippen LogP contribution in [-0.2, 0) is 19.1 Å². The molecule has 0 aromatic heterocycles. The van der Waals surface area contributed by atoms with Gasteiger partial charge in [-0.25, -0.2) is 5.01 Å². The summed E-state index contributed by atoms with van der Waals surface area (Å²) in [7, 11) is 0. The van der Waals surface area contributed by atoms with Gasteiger partial charge in [-0.2, -0.15) is 0 Å². The predicted octanol–water partition coefficient (Wildman–Crippen LogP) is 1.44. The number of carbonyl (C=O) groups excluding carboxylic acids is 2. The van der Waals surface area contributed by atoms with Crippen molar-refractivity contribution in [2.45, 2.75) is 32.0 Å². The van der Waals surface area contributed by atoms with Crippen LogP contribution in [0.5, 0.6) is 0 Å². The van der Waals surface area contributed by atoms with E-state index in [0.717, 1.165) is 11.3 Å². The van der Waals surface area contributed by atoms with Gasteiger partial charge in [0.2, 0.25) is 11.8 Å². The van der Waals surface area contributed by atoms with Gasteiger partial charge < -0.3 is 14.4 Å². The van der Waals surface area contributed by atoms with Gasteiger partial charge in [0.25, 0.3) is 0 Å². The SMILES string of the molecule is Cc1ccc(C2=CCC(=O)N(CC(=O)N3CCC4(CC3)OCCO4)N2)cc1. The molecule has 0 radical (unpaired) electrons. The summed E-state index contributed by atoms with van der Waals surface area (Å²) in [5.74, 6) is -0.666. The van der Waals surface area contributed by atoms with Crippen molar-refractivity contribution in [3.8, 4) is 0 Å². The Hall–Kier alpha value is -2.38. The third-order valence-electron chi connectivity index (χ3n) is 5.38. The van der Waals surface area contributed by atoms with E-state index in [9.17, 15) is 9.59 Å². The number of piperidine rings is 1. The zero-order chi connectivity index (χ0) is 18.9. The van der Waals surface area contributed by atoms with Crippen molar-refractivity contribution in [3.05, 3.63) is 41.5 Å². The second-order valence-corrected chi connectivity index (χ2v) is 7.27. The molecule has 0 saturated carbocycles. The molecule has 144 valence electrons. The van der Waals surface area contributed by atoms with Crippen LogP contribution in [0.15, 0.2) is 30.3 Å². The number of rotatable bonds is 3. The Bertz CT molecular complexity index is 743. The molecule has 3 aliphatic rings. The molecular formula is C20H25N3O4. The first-order valence-corrected chi connectivity index (χ1v) is 9.45. The second kappa shape index (κ2) is 7.32. The van der Waals surface area contributed by atoms with Crippen LogP contribution in [0.3, 0.4) is 0 Å². The van der Waals surface area contributed by atoms with E-state index in [1.807, 2.05) is 37.3 Å². The predicted molar refractivity (Wildman–Crippen MR) is 99.1 cm³/mol. The Labute approximate surface area is 158 Å². The quantitative estimate of drug-likeness (QED) is 0.871. The summed E-state index contributed by atoms with van der Waals surface area (Å²) in [5.41, 5.74) is 6.14. The Kier molecular flexibility index (Phi) is 4.88. The maximum Gasteiger partial charge on any atom is 0.245 e. The molecule has 0 atom stereocenters. The number of hydrogen-bond acceptors (Lipinski definition) is 5. The summed E-state index contributed by atoms with van der Waals surface area (Å²) in [5, 5.41) is 1.42. The summed E-state index contributed by atoms with van der Waals surface area (Å²) in [6.07, 6.45) is 3.50. The number of likely N-dealkylation sites (tertiary alicyclic amines) is 1. The summed E-state index contributed by atoms with van der Waals surface area (Å²) < 4.78 is 11.4. The van der Waals surface area contributed by atoms with E-state index in [2.05, 4.69) is 5.43 Å². The lowest BCUT2D eigenvalue weighted by Crippen LogP contribution is -2.53. The van der Waals surface area contributed by atoms with Crippen LogP contribution in [0.1, 0.15) is 30.4 Å². The molecule has 1 N–H and O–H groups in total. The highest BCUT2D eigenvalue weighted by Gasteiger charge is 2.41. The highest BCUT2D eigenvalue weighted by molar-refractivity contribution is 5.88. The zero-order valence-corrected chi connectivity index (χ0v) is 15.6. The first kappa shape index (κ1) is 18.0. The van der Waals surface area contributed by atoms with Crippen molar-refractivity contribution in [2.24, 2.45) is 0 Å². The van der Waals surface area contributed by atoms with Gasteiger partial charge in [-0.05, 0) is 18.6 Å². The van der Waals surface area contributed by atoms with Gasteiger partial charge in [-0.1, -0.05) is 29.8 Å². The molecule has 4 rings (SSSR count). The van der Waals surface area contributed by atoms with Crippen LogP contribution in [0, 0.1) is 6.92 Å². The lowest BCUT2D eigenvalue weighted by molar-refractivity contribution is -0.188. The molecule has 7 heteroatoms. The fraction of sp³-hybridized carbons (Fsp3) is 0.500. The Morgan fingerprint density at radius 2 is 1.81 bits per heavy atom. The van der Waals surface area contributed by atoms with E-state index in [-0.39, 0.29) is 24.8 Å². The fourth-order valence-electron chi connectivity index (χ4n) is 3.71. The molecule has 0 unspecified atom stereocenters. The second-order valence-electron chi connectivity index (χ2n) is 7.27. The molecule has 7 nitrogen and oxygen atoms in total. The minimum atomic E-state index is -0.503. The van der Waals surface area contributed by atoms with Gasteiger partial charge >= 0.3 is 0 Å². The Balaban J connectivity index is 1.36. The number of hydrazine groups is 1. The number of hydrogen-bond donors (Lipinski definition) is 1. The highest BCUT2D eigenvalue weighted by atomic mass is 16.7. The number of aryl methyl sites for hydroxylation is 1. The molecule has 0 bridgehead atoms. The molecule has 0 aliphatic carbocycles. The van der Waals surface area contributed by atoms with Crippen LogP contribution in [-0.4, -0.2) is 60.4 Å². The van der Waals surface area contributed by atoms with Crippen LogP contribution < -0.4 is 5.43 Å². The van der Waals surface area contributed by atoms with Crippen molar-refractivity contribution in [1.29, 1.82) is 0 Å². The molecule has 3 heterocycles. The van der Waals surface area contributed by atoms with Gasteiger partial charge in [0.1, 0.15) is 6.54 Å². The Morgan fingerprint density at radius 3 is 2.48 bits per heavy atom.